The average Bonchev–Trinajstić information content (AvgIpc) is 2.41. The van der Waals surface area contributed by atoms with E-state index in [4.69, 9.17) is 4.74 Å². The van der Waals surface area contributed by atoms with E-state index in [2.05, 4.69) is 26.1 Å². The summed E-state index contributed by atoms with van der Waals surface area (Å²) in [5.74, 6) is 0.928. The first kappa shape index (κ1) is 17.8. The van der Waals surface area contributed by atoms with Crippen LogP contribution in [0.5, 0.6) is 5.75 Å². The monoisotopic (exact) mass is 303 g/mol. The molecule has 1 unspecified atom stereocenters. The first-order chi connectivity index (χ1) is 9.79. The highest BCUT2D eigenvalue weighted by molar-refractivity contribution is 5.30. The summed E-state index contributed by atoms with van der Waals surface area (Å²) in [6, 6.07) is 5.35. The van der Waals surface area contributed by atoms with Crippen molar-refractivity contribution in [3.63, 3.8) is 0 Å². The number of benzene rings is 1. The zero-order valence-electron chi connectivity index (χ0n) is 12.8. The maximum Gasteiger partial charge on any atom is 0.416 e. The van der Waals surface area contributed by atoms with E-state index < -0.39 is 11.7 Å². The highest BCUT2D eigenvalue weighted by atomic mass is 19.4. The van der Waals surface area contributed by atoms with E-state index in [9.17, 15) is 13.2 Å². The number of halogens is 3. The summed E-state index contributed by atoms with van der Waals surface area (Å²) < 4.78 is 43.0. The molecule has 0 saturated carbocycles. The van der Waals surface area contributed by atoms with Crippen LogP contribution in [0.4, 0.5) is 13.2 Å². The van der Waals surface area contributed by atoms with Gasteiger partial charge in [-0.2, -0.15) is 13.2 Å². The van der Waals surface area contributed by atoms with Crippen LogP contribution < -0.4 is 10.1 Å². The summed E-state index contributed by atoms with van der Waals surface area (Å²) in [5, 5.41) is 3.31. The Morgan fingerprint density at radius 1 is 1.14 bits per heavy atom. The molecule has 5 heteroatoms. The number of hydrogen-bond acceptors (Lipinski definition) is 2. The van der Waals surface area contributed by atoms with Gasteiger partial charge in [-0.15, -0.1) is 0 Å². The van der Waals surface area contributed by atoms with Crippen LogP contribution in [0.25, 0.3) is 0 Å². The Balaban J connectivity index is 2.30. The van der Waals surface area contributed by atoms with E-state index in [-0.39, 0.29) is 5.75 Å². The maximum absolute atomic E-state index is 12.5. The average molecular weight is 303 g/mol. The molecule has 1 aromatic carbocycles. The molecule has 0 bridgehead atoms. The van der Waals surface area contributed by atoms with Crippen LogP contribution in [-0.4, -0.2) is 19.2 Å². The highest BCUT2D eigenvalue weighted by Gasteiger charge is 2.30. The summed E-state index contributed by atoms with van der Waals surface area (Å²) in [7, 11) is 0. The second-order valence-corrected chi connectivity index (χ2v) is 5.70. The van der Waals surface area contributed by atoms with Gasteiger partial charge in [0.15, 0.2) is 0 Å². The molecule has 1 N–H and O–H groups in total. The summed E-state index contributed by atoms with van der Waals surface area (Å²) in [4.78, 5) is 0. The first-order valence-corrected chi connectivity index (χ1v) is 7.32. The van der Waals surface area contributed by atoms with Crippen LogP contribution >= 0.6 is 0 Å². The third-order valence-corrected chi connectivity index (χ3v) is 3.20. The minimum atomic E-state index is -4.33. The van der Waals surface area contributed by atoms with E-state index in [0.29, 0.717) is 25.1 Å². The van der Waals surface area contributed by atoms with Crippen LogP contribution in [0.3, 0.4) is 0 Å². The molecule has 0 radical (unpaired) electrons. The van der Waals surface area contributed by atoms with Crippen molar-refractivity contribution in [2.45, 2.75) is 45.8 Å². The standard InChI is InChI=1S/C16H24F3NO/c1-12(2)7-8-13(3)20-9-10-21-15-6-4-5-14(11-15)16(17,18)19/h4-6,11-13,20H,7-10H2,1-3H3. The molecule has 0 aliphatic rings. The van der Waals surface area contributed by atoms with Gasteiger partial charge in [-0.25, -0.2) is 0 Å². The van der Waals surface area contributed by atoms with E-state index in [0.717, 1.165) is 25.0 Å². The molecule has 1 aromatic rings. The molecule has 0 amide bonds. The molecule has 1 atom stereocenters. The summed E-state index contributed by atoms with van der Waals surface area (Å²) in [6.07, 6.45) is -2.09. The third-order valence-electron chi connectivity index (χ3n) is 3.20. The fraction of sp³-hybridized carbons (Fsp3) is 0.625. The Bertz CT molecular complexity index is 418. The number of alkyl halides is 3. The predicted molar refractivity (Wildman–Crippen MR) is 78.5 cm³/mol. The molecule has 0 saturated heterocycles. The molecular weight excluding hydrogens is 279 g/mol. The minimum Gasteiger partial charge on any atom is -0.492 e. The van der Waals surface area contributed by atoms with Gasteiger partial charge in [-0.05, 0) is 43.9 Å². The number of hydrogen-bond donors (Lipinski definition) is 1. The van der Waals surface area contributed by atoms with Gasteiger partial charge in [-0.3, -0.25) is 0 Å². The van der Waals surface area contributed by atoms with Crippen molar-refractivity contribution >= 4 is 0 Å². The van der Waals surface area contributed by atoms with Gasteiger partial charge < -0.3 is 10.1 Å². The summed E-state index contributed by atoms with van der Waals surface area (Å²) in [6.45, 7) is 7.45. The third kappa shape index (κ3) is 7.37. The first-order valence-electron chi connectivity index (χ1n) is 7.32. The second-order valence-electron chi connectivity index (χ2n) is 5.70. The molecule has 1 rings (SSSR count). The van der Waals surface area contributed by atoms with Crippen LogP contribution in [0.2, 0.25) is 0 Å². The van der Waals surface area contributed by atoms with Crippen molar-refractivity contribution in [2.24, 2.45) is 5.92 Å². The fourth-order valence-electron chi connectivity index (χ4n) is 1.92. The van der Waals surface area contributed by atoms with Crippen LogP contribution in [0.15, 0.2) is 24.3 Å². The fourth-order valence-corrected chi connectivity index (χ4v) is 1.92. The molecule has 0 fully saturated rings. The Hall–Kier alpha value is -1.23. The Morgan fingerprint density at radius 2 is 1.86 bits per heavy atom. The molecule has 21 heavy (non-hydrogen) atoms. The zero-order valence-corrected chi connectivity index (χ0v) is 12.8. The van der Waals surface area contributed by atoms with Crippen molar-refractivity contribution in [3.05, 3.63) is 29.8 Å². The summed E-state index contributed by atoms with van der Waals surface area (Å²) in [5.41, 5.74) is -0.682. The quantitative estimate of drug-likeness (QED) is 0.714. The van der Waals surface area contributed by atoms with Crippen LogP contribution in [0.1, 0.15) is 39.2 Å². The Kier molecular flexibility index (Phi) is 7.02. The van der Waals surface area contributed by atoms with Gasteiger partial charge in [0.05, 0.1) is 5.56 Å². The molecular formula is C16H24F3NO. The van der Waals surface area contributed by atoms with Crippen LogP contribution in [0, 0.1) is 5.92 Å². The Morgan fingerprint density at radius 3 is 2.48 bits per heavy atom. The smallest absolute Gasteiger partial charge is 0.416 e. The molecule has 2 nitrogen and oxygen atoms in total. The molecule has 120 valence electrons. The van der Waals surface area contributed by atoms with E-state index in [1.54, 1.807) is 0 Å². The van der Waals surface area contributed by atoms with Crippen molar-refractivity contribution in [1.29, 1.82) is 0 Å². The normalized spacial score (nSPS) is 13.5. The van der Waals surface area contributed by atoms with Gasteiger partial charge in [0.2, 0.25) is 0 Å². The number of nitrogens with one attached hydrogen (secondary N) is 1. The largest absolute Gasteiger partial charge is 0.492 e. The summed E-state index contributed by atoms with van der Waals surface area (Å²) >= 11 is 0. The lowest BCUT2D eigenvalue weighted by atomic mass is 10.0. The Labute approximate surface area is 124 Å². The van der Waals surface area contributed by atoms with Gasteiger partial charge in [0.1, 0.15) is 12.4 Å². The molecule has 0 aliphatic carbocycles. The lowest BCUT2D eigenvalue weighted by Gasteiger charge is -2.15. The van der Waals surface area contributed by atoms with E-state index in [1.807, 2.05) is 0 Å². The second kappa shape index (κ2) is 8.27. The topological polar surface area (TPSA) is 21.3 Å². The molecule has 0 heterocycles. The van der Waals surface area contributed by atoms with E-state index in [1.165, 1.54) is 12.1 Å². The lowest BCUT2D eigenvalue weighted by molar-refractivity contribution is -0.137. The minimum absolute atomic E-state index is 0.251. The predicted octanol–water partition coefficient (Wildman–Crippen LogP) is 4.50. The number of rotatable bonds is 8. The van der Waals surface area contributed by atoms with E-state index >= 15 is 0 Å². The van der Waals surface area contributed by atoms with Crippen LogP contribution in [-0.2, 0) is 6.18 Å². The highest BCUT2D eigenvalue weighted by Crippen LogP contribution is 2.31. The molecule has 0 aromatic heterocycles. The van der Waals surface area contributed by atoms with Crippen molar-refractivity contribution in [1.82, 2.24) is 5.32 Å². The lowest BCUT2D eigenvalue weighted by Crippen LogP contribution is -2.30. The van der Waals surface area contributed by atoms with Gasteiger partial charge in [-0.1, -0.05) is 19.9 Å². The maximum atomic E-state index is 12.5. The van der Waals surface area contributed by atoms with Gasteiger partial charge >= 0.3 is 6.18 Å². The van der Waals surface area contributed by atoms with Crippen molar-refractivity contribution in [3.8, 4) is 5.75 Å². The van der Waals surface area contributed by atoms with Gasteiger partial charge in [0.25, 0.3) is 0 Å². The van der Waals surface area contributed by atoms with Gasteiger partial charge in [0, 0.05) is 12.6 Å². The SMILES string of the molecule is CC(C)CCC(C)NCCOc1cccc(C(F)(F)F)c1. The zero-order chi connectivity index (χ0) is 15.9. The molecule has 0 spiro atoms. The molecule has 0 aliphatic heterocycles. The van der Waals surface area contributed by atoms with Crippen molar-refractivity contribution < 1.29 is 17.9 Å². The number of ether oxygens (including phenoxy) is 1. The van der Waals surface area contributed by atoms with Crippen molar-refractivity contribution in [2.75, 3.05) is 13.2 Å².